The van der Waals surface area contributed by atoms with Gasteiger partial charge in [-0.25, -0.2) is 9.78 Å². The molecule has 0 saturated carbocycles. The molecule has 0 radical (unpaired) electrons. The van der Waals surface area contributed by atoms with Crippen molar-refractivity contribution in [1.29, 1.82) is 0 Å². The van der Waals surface area contributed by atoms with Crippen LogP contribution in [-0.4, -0.2) is 41.0 Å². The Morgan fingerprint density at radius 2 is 2.33 bits per heavy atom. The van der Waals surface area contributed by atoms with Crippen molar-refractivity contribution in [1.82, 2.24) is 9.88 Å². The Bertz CT molecular complexity index is 506. The number of aromatic nitrogens is 1. The lowest BCUT2D eigenvalue weighted by atomic mass is 10.0. The molecular weight excluding hydrogens is 312 g/mol. The van der Waals surface area contributed by atoms with Crippen LogP contribution < -0.4 is 0 Å². The third kappa shape index (κ3) is 4.17. The molecule has 21 heavy (non-hydrogen) atoms. The fourth-order valence-corrected chi connectivity index (χ4v) is 3.45. The van der Waals surface area contributed by atoms with E-state index in [4.69, 9.17) is 16.3 Å². The Morgan fingerprint density at radius 1 is 1.52 bits per heavy atom. The van der Waals surface area contributed by atoms with Crippen LogP contribution in [0.1, 0.15) is 36.9 Å². The van der Waals surface area contributed by atoms with Gasteiger partial charge in [0.15, 0.2) is 0 Å². The van der Waals surface area contributed by atoms with Gasteiger partial charge in [-0.3, -0.25) is 4.79 Å². The fourth-order valence-electron chi connectivity index (χ4n) is 2.44. The molecule has 1 saturated heterocycles. The average Bonchev–Trinajstić information content (AvgIpc) is 2.95. The van der Waals surface area contributed by atoms with Gasteiger partial charge in [-0.15, -0.1) is 22.9 Å². The number of thiazole rings is 1. The summed E-state index contributed by atoms with van der Waals surface area (Å²) in [7, 11) is 0. The summed E-state index contributed by atoms with van der Waals surface area (Å²) in [5, 5.41) is 2.60. The van der Waals surface area contributed by atoms with Crippen molar-refractivity contribution in [2.45, 2.75) is 44.5 Å². The second-order valence-corrected chi connectivity index (χ2v) is 6.10. The minimum Gasteiger partial charge on any atom is -0.464 e. The Balaban J connectivity index is 2.02. The van der Waals surface area contributed by atoms with E-state index in [1.807, 2.05) is 5.38 Å². The number of amides is 1. The van der Waals surface area contributed by atoms with Crippen LogP contribution in [0.2, 0.25) is 0 Å². The molecule has 1 unspecified atom stereocenters. The molecule has 1 atom stereocenters. The molecule has 116 valence electrons. The van der Waals surface area contributed by atoms with Crippen molar-refractivity contribution in [2.75, 3.05) is 13.2 Å². The maximum atomic E-state index is 12.4. The first-order chi connectivity index (χ1) is 10.2. The standard InChI is InChI=1S/C14H19ClN2O3S/c1-2-20-14(19)11-5-3-4-6-17(11)13(18)7-12-16-10(8-15)9-21-12/h9,11H,2-8H2,1H3. The summed E-state index contributed by atoms with van der Waals surface area (Å²) in [5.41, 5.74) is 0.782. The van der Waals surface area contributed by atoms with E-state index in [1.54, 1.807) is 11.8 Å². The summed E-state index contributed by atoms with van der Waals surface area (Å²) in [6.45, 7) is 2.72. The molecule has 2 heterocycles. The van der Waals surface area contributed by atoms with Gasteiger partial charge in [0.05, 0.1) is 24.6 Å². The fraction of sp³-hybridized carbons (Fsp3) is 0.643. The van der Waals surface area contributed by atoms with Crippen LogP contribution in [0.4, 0.5) is 0 Å². The first-order valence-electron chi connectivity index (χ1n) is 7.11. The van der Waals surface area contributed by atoms with Gasteiger partial charge in [0.2, 0.25) is 5.91 Å². The highest BCUT2D eigenvalue weighted by Gasteiger charge is 2.33. The third-order valence-electron chi connectivity index (χ3n) is 3.42. The van der Waals surface area contributed by atoms with Crippen molar-refractivity contribution < 1.29 is 14.3 Å². The Kier molecular flexibility index (Phi) is 5.99. The number of ether oxygens (including phenoxy) is 1. The number of likely N-dealkylation sites (tertiary alicyclic amines) is 1. The highest BCUT2D eigenvalue weighted by molar-refractivity contribution is 7.09. The molecule has 1 fully saturated rings. The molecule has 1 aliphatic heterocycles. The normalized spacial score (nSPS) is 18.6. The third-order valence-corrected chi connectivity index (χ3v) is 4.59. The van der Waals surface area contributed by atoms with E-state index in [1.165, 1.54) is 11.3 Å². The summed E-state index contributed by atoms with van der Waals surface area (Å²) in [6.07, 6.45) is 2.76. The summed E-state index contributed by atoms with van der Waals surface area (Å²) in [6, 6.07) is -0.446. The zero-order valence-electron chi connectivity index (χ0n) is 12.0. The molecule has 1 aliphatic rings. The lowest BCUT2D eigenvalue weighted by Gasteiger charge is -2.33. The van der Waals surface area contributed by atoms with Crippen molar-refractivity contribution >= 4 is 34.8 Å². The number of carbonyl (C=O) groups excluding carboxylic acids is 2. The molecule has 0 aromatic carbocycles. The summed E-state index contributed by atoms with van der Waals surface area (Å²) in [4.78, 5) is 30.3. The predicted molar refractivity (Wildman–Crippen MR) is 81.4 cm³/mol. The average molecular weight is 331 g/mol. The number of nitrogens with zero attached hydrogens (tertiary/aromatic N) is 2. The van der Waals surface area contributed by atoms with Gasteiger partial charge < -0.3 is 9.64 Å². The van der Waals surface area contributed by atoms with E-state index in [-0.39, 0.29) is 18.3 Å². The van der Waals surface area contributed by atoms with Crippen LogP contribution in [0.3, 0.4) is 0 Å². The largest absolute Gasteiger partial charge is 0.464 e. The minimum atomic E-state index is -0.446. The van der Waals surface area contributed by atoms with Gasteiger partial charge in [-0.05, 0) is 26.2 Å². The Hall–Kier alpha value is -1.14. The van der Waals surface area contributed by atoms with Gasteiger partial charge in [0.25, 0.3) is 0 Å². The van der Waals surface area contributed by atoms with Gasteiger partial charge in [0, 0.05) is 11.9 Å². The SMILES string of the molecule is CCOC(=O)C1CCCCN1C(=O)Cc1nc(CCl)cs1. The maximum Gasteiger partial charge on any atom is 0.328 e. The van der Waals surface area contributed by atoms with Crippen LogP contribution >= 0.6 is 22.9 Å². The van der Waals surface area contributed by atoms with E-state index >= 15 is 0 Å². The van der Waals surface area contributed by atoms with Gasteiger partial charge in [-0.2, -0.15) is 0 Å². The topological polar surface area (TPSA) is 59.5 Å². The predicted octanol–water partition coefficient (Wildman–Crippen LogP) is 2.37. The van der Waals surface area contributed by atoms with E-state index in [2.05, 4.69) is 4.98 Å². The summed E-state index contributed by atoms with van der Waals surface area (Å²) >= 11 is 7.14. The maximum absolute atomic E-state index is 12.4. The van der Waals surface area contributed by atoms with Crippen molar-refractivity contribution in [2.24, 2.45) is 0 Å². The number of hydrogen-bond acceptors (Lipinski definition) is 5. The molecule has 2 rings (SSSR count). The van der Waals surface area contributed by atoms with Crippen LogP contribution in [0, 0.1) is 0 Å². The number of halogens is 1. The van der Waals surface area contributed by atoms with Gasteiger partial charge >= 0.3 is 5.97 Å². The van der Waals surface area contributed by atoms with Crippen molar-refractivity contribution in [3.8, 4) is 0 Å². The van der Waals surface area contributed by atoms with E-state index in [0.29, 0.717) is 25.5 Å². The summed E-state index contributed by atoms with van der Waals surface area (Å²) < 4.78 is 5.07. The lowest BCUT2D eigenvalue weighted by molar-refractivity contribution is -0.156. The smallest absolute Gasteiger partial charge is 0.328 e. The molecule has 1 aromatic heterocycles. The molecular formula is C14H19ClN2O3S. The molecule has 1 aromatic rings. The first kappa shape index (κ1) is 16.2. The minimum absolute atomic E-state index is 0.0665. The summed E-state index contributed by atoms with van der Waals surface area (Å²) in [5.74, 6) is -0.0193. The molecule has 7 heteroatoms. The number of alkyl halides is 1. The second kappa shape index (κ2) is 7.75. The highest BCUT2D eigenvalue weighted by atomic mass is 35.5. The first-order valence-corrected chi connectivity index (χ1v) is 8.52. The zero-order chi connectivity index (χ0) is 15.2. The monoisotopic (exact) mass is 330 g/mol. The second-order valence-electron chi connectivity index (χ2n) is 4.89. The molecule has 0 spiro atoms. The number of esters is 1. The van der Waals surface area contributed by atoms with E-state index < -0.39 is 6.04 Å². The lowest BCUT2D eigenvalue weighted by Crippen LogP contribution is -2.49. The van der Waals surface area contributed by atoms with Crippen LogP contribution in [0.5, 0.6) is 0 Å². The quantitative estimate of drug-likeness (QED) is 0.614. The molecule has 5 nitrogen and oxygen atoms in total. The molecule has 1 amide bonds. The van der Waals surface area contributed by atoms with E-state index in [0.717, 1.165) is 23.5 Å². The molecule has 0 aliphatic carbocycles. The van der Waals surface area contributed by atoms with Crippen LogP contribution in [0.15, 0.2) is 5.38 Å². The zero-order valence-corrected chi connectivity index (χ0v) is 13.6. The highest BCUT2D eigenvalue weighted by Crippen LogP contribution is 2.20. The number of rotatable bonds is 5. The van der Waals surface area contributed by atoms with Crippen LogP contribution in [0.25, 0.3) is 0 Å². The number of piperidine rings is 1. The number of carbonyl (C=O) groups is 2. The van der Waals surface area contributed by atoms with Crippen molar-refractivity contribution in [3.63, 3.8) is 0 Å². The molecule has 0 N–H and O–H groups in total. The van der Waals surface area contributed by atoms with E-state index in [9.17, 15) is 9.59 Å². The van der Waals surface area contributed by atoms with Crippen molar-refractivity contribution in [3.05, 3.63) is 16.1 Å². The van der Waals surface area contributed by atoms with Gasteiger partial charge in [0.1, 0.15) is 11.0 Å². The number of hydrogen-bond donors (Lipinski definition) is 0. The Labute approximate surface area is 133 Å². The van der Waals surface area contributed by atoms with Crippen LogP contribution in [-0.2, 0) is 26.6 Å². The Morgan fingerprint density at radius 3 is 3.00 bits per heavy atom. The molecule has 0 bridgehead atoms. The van der Waals surface area contributed by atoms with Gasteiger partial charge in [-0.1, -0.05) is 0 Å².